The lowest BCUT2D eigenvalue weighted by Crippen LogP contribution is -2.29. The molecule has 4 rings (SSSR count). The van der Waals surface area contributed by atoms with Crippen molar-refractivity contribution in [2.75, 3.05) is 11.9 Å². The van der Waals surface area contributed by atoms with E-state index in [4.69, 9.17) is 0 Å². The van der Waals surface area contributed by atoms with Crippen LogP contribution in [0, 0.1) is 18.7 Å². The molecule has 34 heavy (non-hydrogen) atoms. The predicted molar refractivity (Wildman–Crippen MR) is 134 cm³/mol. The van der Waals surface area contributed by atoms with Crippen molar-refractivity contribution in [1.82, 2.24) is 9.88 Å². The van der Waals surface area contributed by atoms with Crippen LogP contribution in [0.15, 0.2) is 72.8 Å². The smallest absolute Gasteiger partial charge is 0.267 e. The third-order valence-corrected chi connectivity index (χ3v) is 5.61. The third-order valence-electron chi connectivity index (χ3n) is 5.61. The number of benzene rings is 3. The van der Waals surface area contributed by atoms with Crippen molar-refractivity contribution in [2.24, 2.45) is 5.92 Å². The number of nitrogens with one attached hydrogen (secondary N) is 2. The lowest BCUT2D eigenvalue weighted by Gasteiger charge is -2.13. The second kappa shape index (κ2) is 9.91. The second-order valence-electron chi connectivity index (χ2n) is 8.94. The van der Waals surface area contributed by atoms with Gasteiger partial charge < -0.3 is 15.2 Å². The van der Waals surface area contributed by atoms with Gasteiger partial charge in [-0.25, -0.2) is 4.39 Å². The summed E-state index contributed by atoms with van der Waals surface area (Å²) in [6.45, 7) is 6.94. The van der Waals surface area contributed by atoms with Crippen molar-refractivity contribution >= 4 is 28.4 Å². The first-order chi connectivity index (χ1) is 16.3. The molecule has 2 N–H and O–H groups in total. The van der Waals surface area contributed by atoms with Crippen LogP contribution in [0.1, 0.15) is 45.8 Å². The predicted octanol–water partition coefficient (Wildman–Crippen LogP) is 5.78. The lowest BCUT2D eigenvalue weighted by molar-refractivity contribution is 0.0940. The Balaban J connectivity index is 1.67. The standard InChI is InChI=1S/C28H28FN3O2/c1-18(2)16-30-28(34)26-15-22-14-24(31-27(33)21-9-7-19(3)8-10-21)11-12-25(22)32(26)17-20-5-4-6-23(29)13-20/h4-15,18H,16-17H2,1-3H3,(H,30,34)(H,31,33). The maximum atomic E-state index is 13.8. The SMILES string of the molecule is Cc1ccc(C(=O)Nc2ccc3c(c2)cc(C(=O)NCC(C)C)n3Cc2cccc(F)c2)cc1. The molecule has 1 aromatic heterocycles. The van der Waals surface area contributed by atoms with Crippen molar-refractivity contribution in [3.8, 4) is 0 Å². The number of fused-ring (bicyclic) bond motifs is 1. The van der Waals surface area contributed by atoms with Gasteiger partial charge in [0.1, 0.15) is 11.5 Å². The molecule has 0 atom stereocenters. The highest BCUT2D eigenvalue weighted by atomic mass is 19.1. The second-order valence-corrected chi connectivity index (χ2v) is 8.94. The third kappa shape index (κ3) is 5.34. The molecule has 0 saturated carbocycles. The van der Waals surface area contributed by atoms with Crippen LogP contribution in [0.4, 0.5) is 10.1 Å². The number of aromatic nitrogens is 1. The Hall–Kier alpha value is -3.93. The Morgan fingerprint density at radius 3 is 2.41 bits per heavy atom. The van der Waals surface area contributed by atoms with Crippen LogP contribution >= 0.6 is 0 Å². The first-order valence-electron chi connectivity index (χ1n) is 11.3. The number of anilines is 1. The topological polar surface area (TPSA) is 63.1 Å². The Morgan fingerprint density at radius 1 is 0.941 bits per heavy atom. The molecule has 0 aliphatic rings. The van der Waals surface area contributed by atoms with E-state index in [-0.39, 0.29) is 17.6 Å². The molecule has 0 aliphatic carbocycles. The van der Waals surface area contributed by atoms with E-state index in [1.165, 1.54) is 12.1 Å². The molecule has 0 unspecified atom stereocenters. The van der Waals surface area contributed by atoms with E-state index in [2.05, 4.69) is 10.6 Å². The van der Waals surface area contributed by atoms with Crippen LogP contribution in [0.3, 0.4) is 0 Å². The number of amides is 2. The van der Waals surface area contributed by atoms with Crippen LogP contribution in [0.2, 0.25) is 0 Å². The summed E-state index contributed by atoms with van der Waals surface area (Å²) in [4.78, 5) is 25.6. The van der Waals surface area contributed by atoms with Crippen LogP contribution in [0.25, 0.3) is 10.9 Å². The maximum Gasteiger partial charge on any atom is 0.267 e. The van der Waals surface area contributed by atoms with Gasteiger partial charge in [-0.3, -0.25) is 9.59 Å². The molecule has 0 fully saturated rings. The van der Waals surface area contributed by atoms with Gasteiger partial charge in [-0.05, 0) is 66.9 Å². The summed E-state index contributed by atoms with van der Waals surface area (Å²) in [5.41, 5.74) is 4.36. The summed E-state index contributed by atoms with van der Waals surface area (Å²) in [5.74, 6) is -0.394. The quantitative estimate of drug-likeness (QED) is 0.370. The zero-order valence-corrected chi connectivity index (χ0v) is 19.6. The molecule has 6 heteroatoms. The van der Waals surface area contributed by atoms with Gasteiger partial charge in [0.15, 0.2) is 0 Å². The van der Waals surface area contributed by atoms with E-state index in [0.717, 1.165) is 22.0 Å². The van der Waals surface area contributed by atoms with Gasteiger partial charge in [-0.2, -0.15) is 0 Å². The van der Waals surface area contributed by atoms with Crippen LogP contribution in [-0.2, 0) is 6.54 Å². The van der Waals surface area contributed by atoms with Gasteiger partial charge in [0, 0.05) is 35.2 Å². The van der Waals surface area contributed by atoms with E-state index in [1.54, 1.807) is 18.2 Å². The van der Waals surface area contributed by atoms with Crippen molar-refractivity contribution in [3.63, 3.8) is 0 Å². The van der Waals surface area contributed by atoms with Crippen molar-refractivity contribution in [2.45, 2.75) is 27.3 Å². The number of carbonyl (C=O) groups excluding carboxylic acids is 2. The summed E-state index contributed by atoms with van der Waals surface area (Å²) in [5, 5.41) is 6.71. The minimum atomic E-state index is -0.319. The Bertz CT molecular complexity index is 1340. The minimum Gasteiger partial charge on any atom is -0.351 e. The normalized spacial score (nSPS) is 11.1. The molecule has 0 bridgehead atoms. The Morgan fingerprint density at radius 2 is 1.71 bits per heavy atom. The van der Waals surface area contributed by atoms with E-state index >= 15 is 0 Å². The monoisotopic (exact) mass is 457 g/mol. The molecule has 3 aromatic carbocycles. The number of hydrogen-bond acceptors (Lipinski definition) is 2. The Kier molecular flexibility index (Phi) is 6.77. The van der Waals surface area contributed by atoms with Crippen molar-refractivity contribution in [3.05, 3.63) is 101 Å². The van der Waals surface area contributed by atoms with E-state index in [9.17, 15) is 14.0 Å². The van der Waals surface area contributed by atoms with Crippen LogP contribution in [0.5, 0.6) is 0 Å². The molecule has 4 aromatic rings. The largest absolute Gasteiger partial charge is 0.351 e. The number of rotatable bonds is 7. The summed E-state index contributed by atoms with van der Waals surface area (Å²) in [6.07, 6.45) is 0. The number of nitrogens with zero attached hydrogens (tertiary/aromatic N) is 1. The van der Waals surface area contributed by atoms with E-state index in [0.29, 0.717) is 36.0 Å². The number of aryl methyl sites for hydroxylation is 1. The molecular formula is C28H28FN3O2. The van der Waals surface area contributed by atoms with Gasteiger partial charge in [-0.15, -0.1) is 0 Å². The molecule has 174 valence electrons. The summed E-state index contributed by atoms with van der Waals surface area (Å²) in [6, 6.07) is 21.1. The molecule has 1 heterocycles. The zero-order valence-electron chi connectivity index (χ0n) is 19.6. The first-order valence-corrected chi connectivity index (χ1v) is 11.3. The van der Waals surface area contributed by atoms with Gasteiger partial charge in [0.05, 0.1) is 0 Å². The highest BCUT2D eigenvalue weighted by molar-refractivity contribution is 6.06. The fraction of sp³-hybridized carbons (Fsp3) is 0.214. The summed E-state index contributed by atoms with van der Waals surface area (Å²) < 4.78 is 15.7. The molecule has 0 spiro atoms. The highest BCUT2D eigenvalue weighted by Crippen LogP contribution is 2.25. The fourth-order valence-corrected chi connectivity index (χ4v) is 3.82. The maximum absolute atomic E-state index is 13.8. The minimum absolute atomic E-state index is 0.188. The average molecular weight is 458 g/mol. The van der Waals surface area contributed by atoms with E-state index < -0.39 is 0 Å². The van der Waals surface area contributed by atoms with Crippen molar-refractivity contribution < 1.29 is 14.0 Å². The number of hydrogen-bond donors (Lipinski definition) is 2. The van der Waals surface area contributed by atoms with Gasteiger partial charge in [-0.1, -0.05) is 43.7 Å². The van der Waals surface area contributed by atoms with Gasteiger partial charge in [0.2, 0.25) is 0 Å². The van der Waals surface area contributed by atoms with Gasteiger partial charge >= 0.3 is 0 Å². The number of carbonyl (C=O) groups is 2. The molecule has 0 saturated heterocycles. The summed E-state index contributed by atoms with van der Waals surface area (Å²) in [7, 11) is 0. The first kappa shape index (κ1) is 23.2. The van der Waals surface area contributed by atoms with Gasteiger partial charge in [0.25, 0.3) is 11.8 Å². The average Bonchev–Trinajstić information content (AvgIpc) is 3.15. The molecular weight excluding hydrogens is 429 g/mol. The summed E-state index contributed by atoms with van der Waals surface area (Å²) >= 11 is 0. The van der Waals surface area contributed by atoms with E-state index in [1.807, 2.05) is 67.8 Å². The molecule has 0 aliphatic heterocycles. The fourth-order valence-electron chi connectivity index (χ4n) is 3.82. The van der Waals surface area contributed by atoms with Crippen molar-refractivity contribution in [1.29, 1.82) is 0 Å². The zero-order chi connectivity index (χ0) is 24.2. The lowest BCUT2D eigenvalue weighted by atomic mass is 10.1. The molecule has 0 radical (unpaired) electrons. The highest BCUT2D eigenvalue weighted by Gasteiger charge is 2.17. The van der Waals surface area contributed by atoms with Crippen LogP contribution < -0.4 is 10.6 Å². The molecule has 5 nitrogen and oxygen atoms in total. The van der Waals surface area contributed by atoms with Crippen LogP contribution in [-0.4, -0.2) is 22.9 Å². The Labute approximate surface area is 198 Å². The number of halogens is 1. The molecule has 2 amide bonds.